The monoisotopic (exact) mass is 296 g/mol. The van der Waals surface area contributed by atoms with E-state index in [0.29, 0.717) is 0 Å². The van der Waals surface area contributed by atoms with E-state index in [9.17, 15) is 0 Å². The Labute approximate surface area is 126 Å². The van der Waals surface area contributed by atoms with Gasteiger partial charge in [-0.2, -0.15) is 0 Å². The fraction of sp³-hybridized carbons (Fsp3) is 0.333. The molecule has 0 saturated carbocycles. The van der Waals surface area contributed by atoms with Crippen molar-refractivity contribution >= 4 is 8.07 Å². The molecule has 4 aliphatic rings. The fourth-order valence-electron chi connectivity index (χ4n) is 4.29. The third-order valence-corrected chi connectivity index (χ3v) is 8.76. The minimum Gasteiger partial charge on any atom is -0.496 e. The Morgan fingerprint density at radius 2 is 1.24 bits per heavy atom. The quantitative estimate of drug-likeness (QED) is 0.714. The summed E-state index contributed by atoms with van der Waals surface area (Å²) in [5.41, 5.74) is 8.23. The lowest BCUT2D eigenvalue weighted by molar-refractivity contribution is 0.301. The molecule has 0 saturated heterocycles. The Kier molecular flexibility index (Phi) is 2.55. The van der Waals surface area contributed by atoms with Crippen molar-refractivity contribution in [3.05, 3.63) is 68.5 Å². The Morgan fingerprint density at radius 1 is 0.810 bits per heavy atom. The zero-order chi connectivity index (χ0) is 14.8. The van der Waals surface area contributed by atoms with Crippen molar-refractivity contribution in [3.63, 3.8) is 0 Å². The van der Waals surface area contributed by atoms with E-state index in [0.717, 1.165) is 13.2 Å². The fourth-order valence-corrected chi connectivity index (χ4v) is 8.44. The van der Waals surface area contributed by atoms with Gasteiger partial charge in [0.15, 0.2) is 0 Å². The summed E-state index contributed by atoms with van der Waals surface area (Å²) in [4.78, 5) is 0. The molecule has 0 atom stereocenters. The minimum atomic E-state index is -1.78. The Hall–Kier alpha value is -1.74. The first-order chi connectivity index (χ1) is 10.00. The number of hydrogen-bond acceptors (Lipinski definition) is 2. The lowest BCUT2D eigenvalue weighted by Gasteiger charge is -2.29. The van der Waals surface area contributed by atoms with E-state index in [1.165, 1.54) is 43.8 Å². The second-order valence-electron chi connectivity index (χ2n) is 6.77. The number of hydrogen-bond donors (Lipinski definition) is 0. The van der Waals surface area contributed by atoms with Crippen LogP contribution in [-0.4, -0.2) is 21.3 Å². The van der Waals surface area contributed by atoms with Crippen LogP contribution in [0.15, 0.2) is 68.5 Å². The van der Waals surface area contributed by atoms with Gasteiger partial charge < -0.3 is 9.47 Å². The summed E-state index contributed by atoms with van der Waals surface area (Å²) in [6, 6.07) is 0. The number of ether oxygens (including phenoxy) is 2. The lowest BCUT2D eigenvalue weighted by atomic mass is 10.2. The molecule has 0 fully saturated rings. The molecule has 4 rings (SSSR count). The van der Waals surface area contributed by atoms with E-state index < -0.39 is 8.07 Å². The van der Waals surface area contributed by atoms with Crippen LogP contribution in [0.3, 0.4) is 0 Å². The summed E-state index contributed by atoms with van der Waals surface area (Å²) in [7, 11) is -1.78. The van der Waals surface area contributed by atoms with Gasteiger partial charge >= 0.3 is 0 Å². The summed E-state index contributed by atoms with van der Waals surface area (Å²) < 4.78 is 11.1. The van der Waals surface area contributed by atoms with Crippen LogP contribution >= 0.6 is 0 Å². The van der Waals surface area contributed by atoms with Gasteiger partial charge in [0.2, 0.25) is 0 Å². The van der Waals surface area contributed by atoms with Crippen LogP contribution in [0.5, 0.6) is 0 Å². The molecule has 0 aromatic heterocycles. The molecule has 2 nitrogen and oxygen atoms in total. The molecule has 0 aromatic rings. The molecule has 3 heteroatoms. The number of rotatable bonds is 2. The summed E-state index contributed by atoms with van der Waals surface area (Å²) in [6.45, 7) is 10.9. The number of fused-ring (bicyclic) bond motifs is 2. The highest BCUT2D eigenvalue weighted by Crippen LogP contribution is 2.48. The minimum absolute atomic E-state index is 0.730. The molecule has 0 N–H and O–H groups in total. The van der Waals surface area contributed by atoms with Crippen molar-refractivity contribution < 1.29 is 9.47 Å². The van der Waals surface area contributed by atoms with Crippen LogP contribution in [0.25, 0.3) is 0 Å². The van der Waals surface area contributed by atoms with Crippen LogP contribution in [0.1, 0.15) is 13.8 Å². The Balaban J connectivity index is 1.83. The Bertz CT molecular complexity index is 677. The molecule has 0 amide bonds. The summed E-state index contributed by atoms with van der Waals surface area (Å²) in [6.07, 6.45) is 8.54. The van der Waals surface area contributed by atoms with Crippen LogP contribution < -0.4 is 0 Å². The van der Waals surface area contributed by atoms with Crippen LogP contribution in [0.2, 0.25) is 13.1 Å². The van der Waals surface area contributed by atoms with Gasteiger partial charge in [-0.15, -0.1) is 0 Å². The van der Waals surface area contributed by atoms with Gasteiger partial charge in [-0.05, 0) is 35.4 Å². The van der Waals surface area contributed by atoms with Crippen molar-refractivity contribution in [2.24, 2.45) is 0 Å². The maximum Gasteiger partial charge on any atom is 0.114 e. The van der Waals surface area contributed by atoms with E-state index in [4.69, 9.17) is 9.47 Å². The first kappa shape index (κ1) is 13.0. The Morgan fingerprint density at radius 3 is 1.67 bits per heavy atom. The normalized spacial score (nSPS) is 23.4. The smallest absolute Gasteiger partial charge is 0.114 e. The van der Waals surface area contributed by atoms with Gasteiger partial charge in [0.25, 0.3) is 0 Å². The van der Waals surface area contributed by atoms with Crippen molar-refractivity contribution in [2.45, 2.75) is 26.9 Å². The standard InChI is InChI=1S/C18H20O2Si/c1-11-5-13-7-19-9-15(13)17(11)21(3,4)18-12(2)6-14-8-20-10-16(14)18/h5-6,9-10H,7-8H2,1-4H3. The predicted octanol–water partition coefficient (Wildman–Crippen LogP) is 4.11. The van der Waals surface area contributed by atoms with Crippen LogP contribution in [0.4, 0.5) is 0 Å². The third-order valence-electron chi connectivity index (χ3n) is 4.93. The largest absolute Gasteiger partial charge is 0.496 e. The molecule has 108 valence electrons. The molecule has 2 aliphatic heterocycles. The van der Waals surface area contributed by atoms with Gasteiger partial charge in [-0.3, -0.25) is 0 Å². The van der Waals surface area contributed by atoms with Gasteiger partial charge in [0.05, 0.1) is 12.5 Å². The molecular formula is C18H20O2Si. The number of allylic oxidation sites excluding steroid dienone is 6. The highest BCUT2D eigenvalue weighted by Gasteiger charge is 2.43. The van der Waals surface area contributed by atoms with Crippen molar-refractivity contribution in [1.82, 2.24) is 0 Å². The average molecular weight is 296 g/mol. The lowest BCUT2D eigenvalue weighted by Crippen LogP contribution is -2.34. The molecule has 2 heterocycles. The first-order valence-corrected chi connectivity index (χ1v) is 10.5. The summed E-state index contributed by atoms with van der Waals surface area (Å²) in [5.74, 6) is 0. The van der Waals surface area contributed by atoms with Crippen molar-refractivity contribution in [3.8, 4) is 0 Å². The highest BCUT2D eigenvalue weighted by atomic mass is 28.3. The molecule has 21 heavy (non-hydrogen) atoms. The van der Waals surface area contributed by atoms with Crippen molar-refractivity contribution in [1.29, 1.82) is 0 Å². The van der Waals surface area contributed by atoms with Crippen molar-refractivity contribution in [2.75, 3.05) is 13.2 Å². The highest BCUT2D eigenvalue weighted by molar-refractivity contribution is 6.92. The second kappa shape index (κ2) is 4.14. The first-order valence-electron chi connectivity index (χ1n) is 7.49. The second-order valence-corrected chi connectivity index (χ2v) is 11.0. The zero-order valence-corrected chi connectivity index (χ0v) is 14.0. The predicted molar refractivity (Wildman–Crippen MR) is 87.1 cm³/mol. The van der Waals surface area contributed by atoms with E-state index in [1.54, 1.807) is 0 Å². The molecule has 0 aromatic carbocycles. The molecule has 2 aliphatic carbocycles. The third kappa shape index (κ3) is 1.64. The summed E-state index contributed by atoms with van der Waals surface area (Å²) >= 11 is 0. The SMILES string of the molecule is CC1=C([Si](C)(C)C2=C(C)C=C3COC=C32)C2=COCC2=C1. The van der Waals surface area contributed by atoms with Crippen LogP contribution in [0, 0.1) is 0 Å². The maximum absolute atomic E-state index is 5.55. The topological polar surface area (TPSA) is 18.5 Å². The van der Waals surface area contributed by atoms with Gasteiger partial charge in [0, 0.05) is 11.1 Å². The molecule has 0 radical (unpaired) electrons. The molecule has 0 spiro atoms. The van der Waals surface area contributed by atoms with E-state index in [2.05, 4.69) is 39.1 Å². The average Bonchev–Trinajstić information content (AvgIpc) is 3.07. The van der Waals surface area contributed by atoms with Gasteiger partial charge in [-0.25, -0.2) is 0 Å². The molecule has 0 unspecified atom stereocenters. The van der Waals surface area contributed by atoms with Gasteiger partial charge in [0.1, 0.15) is 21.3 Å². The summed E-state index contributed by atoms with van der Waals surface area (Å²) in [5, 5.41) is 3.07. The molecular weight excluding hydrogens is 276 g/mol. The maximum atomic E-state index is 5.55. The zero-order valence-electron chi connectivity index (χ0n) is 13.0. The molecule has 0 bridgehead atoms. The van der Waals surface area contributed by atoms with Gasteiger partial charge in [-0.1, -0.05) is 36.4 Å². The van der Waals surface area contributed by atoms with E-state index in [-0.39, 0.29) is 0 Å². The van der Waals surface area contributed by atoms with E-state index >= 15 is 0 Å². The van der Waals surface area contributed by atoms with Crippen LogP contribution in [-0.2, 0) is 9.47 Å². The van der Waals surface area contributed by atoms with E-state index in [1.807, 2.05) is 12.5 Å².